The molecule has 0 aromatic heterocycles. The van der Waals surface area contributed by atoms with Crippen molar-refractivity contribution >= 4 is 5.97 Å². The third-order valence-electron chi connectivity index (χ3n) is 2.37. The summed E-state index contributed by atoms with van der Waals surface area (Å²) >= 11 is 0. The number of carboxylic acid groups (broad SMARTS) is 1. The van der Waals surface area contributed by atoms with Crippen molar-refractivity contribution < 1.29 is 14.3 Å². The Balaban J connectivity index is 2.92. The molecule has 0 heterocycles. The van der Waals surface area contributed by atoms with E-state index in [0.717, 1.165) is 0 Å². The topological polar surface area (TPSA) is 63.3 Å². The average Bonchev–Trinajstić information content (AvgIpc) is 2.18. The Morgan fingerprint density at radius 1 is 1.60 bits per heavy atom. The fraction of sp³-hybridized carbons (Fsp3) is 0.364. The number of hydrogen-bond donors (Lipinski definition) is 2. The van der Waals surface area contributed by atoms with Crippen LogP contribution < -0.4 is 5.73 Å². The molecule has 0 fully saturated rings. The van der Waals surface area contributed by atoms with E-state index >= 15 is 0 Å². The molecule has 1 atom stereocenters. The predicted molar refractivity (Wildman–Crippen MR) is 55.2 cm³/mol. The summed E-state index contributed by atoms with van der Waals surface area (Å²) in [5.41, 5.74) is 6.64. The summed E-state index contributed by atoms with van der Waals surface area (Å²) in [5.74, 6) is -1.57. The second-order valence-corrected chi connectivity index (χ2v) is 3.54. The van der Waals surface area contributed by atoms with Crippen molar-refractivity contribution in [1.29, 1.82) is 0 Å². The Kier molecular flexibility index (Phi) is 3.80. The predicted octanol–water partition coefficient (Wildman–Crippen LogP) is 1.65. The molecule has 3 N–H and O–H groups in total. The van der Waals surface area contributed by atoms with Crippen molar-refractivity contribution in [3.8, 4) is 0 Å². The molecule has 1 aromatic carbocycles. The fourth-order valence-corrected chi connectivity index (χ4v) is 1.41. The van der Waals surface area contributed by atoms with Crippen molar-refractivity contribution in [2.24, 2.45) is 5.73 Å². The number of aryl methyl sites for hydroxylation is 1. The minimum Gasteiger partial charge on any atom is -0.481 e. The molecule has 15 heavy (non-hydrogen) atoms. The van der Waals surface area contributed by atoms with E-state index in [2.05, 4.69) is 0 Å². The number of aliphatic carboxylic acids is 1. The third kappa shape index (κ3) is 3.02. The molecule has 0 bridgehead atoms. The molecule has 0 aliphatic heterocycles. The van der Waals surface area contributed by atoms with Gasteiger partial charge in [-0.3, -0.25) is 4.79 Å². The van der Waals surface area contributed by atoms with Gasteiger partial charge in [-0.2, -0.15) is 0 Å². The molecule has 82 valence electrons. The maximum absolute atomic E-state index is 13.2. The van der Waals surface area contributed by atoms with Crippen LogP contribution in [0.1, 0.15) is 23.5 Å². The number of carboxylic acids is 1. The van der Waals surface area contributed by atoms with Crippen LogP contribution in [0.3, 0.4) is 0 Å². The highest BCUT2D eigenvalue weighted by Crippen LogP contribution is 2.20. The van der Waals surface area contributed by atoms with Gasteiger partial charge in [-0.1, -0.05) is 12.1 Å². The number of halogens is 1. The summed E-state index contributed by atoms with van der Waals surface area (Å²) in [5, 5.41) is 8.65. The second-order valence-electron chi connectivity index (χ2n) is 3.54. The molecule has 1 aromatic rings. The summed E-state index contributed by atoms with van der Waals surface area (Å²) in [6.07, 6.45) is -0.0704. The second kappa shape index (κ2) is 4.89. The van der Waals surface area contributed by atoms with E-state index < -0.39 is 5.97 Å². The zero-order chi connectivity index (χ0) is 11.4. The number of carbonyl (C=O) groups is 1. The molecular formula is C11H14FNO2. The molecule has 0 aliphatic carbocycles. The number of rotatable bonds is 4. The molecule has 3 nitrogen and oxygen atoms in total. The summed E-state index contributed by atoms with van der Waals surface area (Å²) in [6, 6.07) is 4.71. The molecule has 1 unspecified atom stereocenters. The van der Waals surface area contributed by atoms with Crippen LogP contribution in [0.4, 0.5) is 4.39 Å². The van der Waals surface area contributed by atoms with Crippen molar-refractivity contribution in [1.82, 2.24) is 0 Å². The minimum atomic E-state index is -0.925. The molecule has 0 saturated carbocycles. The normalized spacial score (nSPS) is 12.5. The number of hydrogen-bond acceptors (Lipinski definition) is 2. The summed E-state index contributed by atoms with van der Waals surface area (Å²) < 4.78 is 13.2. The van der Waals surface area contributed by atoms with E-state index in [-0.39, 0.29) is 24.7 Å². The van der Waals surface area contributed by atoms with E-state index in [4.69, 9.17) is 10.8 Å². The first-order valence-corrected chi connectivity index (χ1v) is 4.72. The summed E-state index contributed by atoms with van der Waals surface area (Å²) in [7, 11) is 0. The highest BCUT2D eigenvalue weighted by molar-refractivity contribution is 5.68. The first kappa shape index (κ1) is 11.7. The summed E-state index contributed by atoms with van der Waals surface area (Å²) in [6.45, 7) is 1.86. The van der Waals surface area contributed by atoms with Gasteiger partial charge in [-0.05, 0) is 30.7 Å². The fourth-order valence-electron chi connectivity index (χ4n) is 1.41. The largest absolute Gasteiger partial charge is 0.481 e. The SMILES string of the molecule is Cc1ccc(C(CN)CC(=O)O)cc1F. The van der Waals surface area contributed by atoms with Crippen molar-refractivity contribution in [3.63, 3.8) is 0 Å². The van der Waals surface area contributed by atoms with E-state index in [0.29, 0.717) is 11.1 Å². The van der Waals surface area contributed by atoms with Crippen LogP contribution in [0.5, 0.6) is 0 Å². The van der Waals surface area contributed by atoms with Crippen LogP contribution in [0.25, 0.3) is 0 Å². The molecule has 0 amide bonds. The van der Waals surface area contributed by atoms with Gasteiger partial charge < -0.3 is 10.8 Å². The van der Waals surface area contributed by atoms with Crippen LogP contribution in [-0.4, -0.2) is 17.6 Å². The lowest BCUT2D eigenvalue weighted by Gasteiger charge is -2.13. The molecule has 1 rings (SSSR count). The number of benzene rings is 1. The molecular weight excluding hydrogens is 197 g/mol. The van der Waals surface area contributed by atoms with Crippen LogP contribution in [0.15, 0.2) is 18.2 Å². The van der Waals surface area contributed by atoms with Crippen molar-refractivity contribution in [2.75, 3.05) is 6.54 Å². The quantitative estimate of drug-likeness (QED) is 0.796. The summed E-state index contributed by atoms with van der Waals surface area (Å²) in [4.78, 5) is 10.5. The van der Waals surface area contributed by atoms with E-state index in [1.54, 1.807) is 19.1 Å². The lowest BCUT2D eigenvalue weighted by Crippen LogP contribution is -2.16. The highest BCUT2D eigenvalue weighted by atomic mass is 19.1. The Hall–Kier alpha value is -1.42. The van der Waals surface area contributed by atoms with Crippen molar-refractivity contribution in [2.45, 2.75) is 19.3 Å². The van der Waals surface area contributed by atoms with Gasteiger partial charge in [-0.15, -0.1) is 0 Å². The maximum Gasteiger partial charge on any atom is 0.304 e. The standard InChI is InChI=1S/C11H14FNO2/c1-7-2-3-8(4-10(7)12)9(6-13)5-11(14)15/h2-4,9H,5-6,13H2,1H3,(H,14,15). The Bertz CT molecular complexity index is 366. The lowest BCUT2D eigenvalue weighted by atomic mass is 9.95. The van der Waals surface area contributed by atoms with Gasteiger partial charge in [0.25, 0.3) is 0 Å². The van der Waals surface area contributed by atoms with Gasteiger partial charge >= 0.3 is 5.97 Å². The van der Waals surface area contributed by atoms with Crippen LogP contribution >= 0.6 is 0 Å². The molecule has 0 radical (unpaired) electrons. The van der Waals surface area contributed by atoms with E-state index in [1.165, 1.54) is 6.07 Å². The van der Waals surface area contributed by atoms with Gasteiger partial charge in [0.05, 0.1) is 6.42 Å². The zero-order valence-corrected chi connectivity index (χ0v) is 8.53. The van der Waals surface area contributed by atoms with Gasteiger partial charge in [0.1, 0.15) is 5.82 Å². The Morgan fingerprint density at radius 3 is 2.73 bits per heavy atom. The van der Waals surface area contributed by atoms with E-state index in [1.807, 2.05) is 0 Å². The molecule has 0 saturated heterocycles. The first-order chi connectivity index (χ1) is 7.04. The van der Waals surface area contributed by atoms with Gasteiger partial charge in [0.15, 0.2) is 0 Å². The molecule has 0 spiro atoms. The van der Waals surface area contributed by atoms with Gasteiger partial charge in [-0.25, -0.2) is 4.39 Å². The molecule has 0 aliphatic rings. The zero-order valence-electron chi connectivity index (χ0n) is 8.53. The third-order valence-corrected chi connectivity index (χ3v) is 2.37. The van der Waals surface area contributed by atoms with E-state index in [9.17, 15) is 9.18 Å². The van der Waals surface area contributed by atoms with Gasteiger partial charge in [0, 0.05) is 5.92 Å². The smallest absolute Gasteiger partial charge is 0.304 e. The number of nitrogens with two attached hydrogens (primary N) is 1. The maximum atomic E-state index is 13.2. The minimum absolute atomic E-state index is 0.0704. The first-order valence-electron chi connectivity index (χ1n) is 4.72. The van der Waals surface area contributed by atoms with Gasteiger partial charge in [0.2, 0.25) is 0 Å². The average molecular weight is 211 g/mol. The molecule has 4 heteroatoms. The van der Waals surface area contributed by atoms with Crippen LogP contribution in [0, 0.1) is 12.7 Å². The highest BCUT2D eigenvalue weighted by Gasteiger charge is 2.14. The monoisotopic (exact) mass is 211 g/mol. The van der Waals surface area contributed by atoms with Crippen LogP contribution in [-0.2, 0) is 4.79 Å². The Labute approximate surface area is 87.7 Å². The lowest BCUT2D eigenvalue weighted by molar-refractivity contribution is -0.137. The van der Waals surface area contributed by atoms with Crippen LogP contribution in [0.2, 0.25) is 0 Å². The van der Waals surface area contributed by atoms with Crippen molar-refractivity contribution in [3.05, 3.63) is 35.1 Å². The Morgan fingerprint density at radius 2 is 2.27 bits per heavy atom.